The molecule has 5 aromatic heterocycles. The highest BCUT2D eigenvalue weighted by Crippen LogP contribution is 2.37. The van der Waals surface area contributed by atoms with Gasteiger partial charge in [0, 0.05) is 52.2 Å². The van der Waals surface area contributed by atoms with E-state index in [1.165, 1.54) is 49.8 Å². The third-order valence-electron chi connectivity index (χ3n) is 11.1. The van der Waals surface area contributed by atoms with E-state index in [0.29, 0.717) is 61.3 Å². The Labute approximate surface area is 454 Å². The van der Waals surface area contributed by atoms with Crippen LogP contribution < -0.4 is 20.9 Å². The number of ether oxygens (including phenoxy) is 2. The molecule has 0 atom stereocenters. The Kier molecular flexibility index (Phi) is 15.9. The number of aromatic nitrogens is 10. The van der Waals surface area contributed by atoms with Gasteiger partial charge in [0.05, 0.1) is 73.8 Å². The number of nitrogens with one attached hydrogen (secondary N) is 3. The van der Waals surface area contributed by atoms with E-state index >= 15 is 0 Å². The van der Waals surface area contributed by atoms with E-state index in [1.54, 1.807) is 90.3 Å². The van der Waals surface area contributed by atoms with Gasteiger partial charge in [-0.15, -0.1) is 20.4 Å². The topological polar surface area (TPSA) is 284 Å². The van der Waals surface area contributed by atoms with E-state index in [4.69, 9.17) is 19.7 Å². The number of amides is 3. The lowest BCUT2D eigenvalue weighted by molar-refractivity contribution is 0.0520. The first-order valence-corrected chi connectivity index (χ1v) is 25.9. The molecule has 1 aliphatic heterocycles. The molecule has 78 heavy (non-hydrogen) atoms. The largest absolute Gasteiger partial charge is 0.443 e. The van der Waals surface area contributed by atoms with Gasteiger partial charge in [0.1, 0.15) is 21.2 Å². The summed E-state index contributed by atoms with van der Waals surface area (Å²) < 4.78 is 15.3. The number of fused-ring (bicyclic) bond motifs is 2. The number of carbonyl (C=O) groups is 4. The molecule has 0 bridgehead atoms. The standard InChI is InChI=1S/C31H34N8O6S.C22H19N7O2S/c1-30(2,3)44-28(42)38(23-10-11-24-20(15-23)16-33-39(24)29(43)45-31(4,5)6)27-36-35-26(46-27)19-8-7-9-22(14-19)34-25(41)21-17-32-37(18-21)12-13-40;30-7-6-29-13-17(12-24-29)20(31)25-18-3-1-2-14(8-18)21-27-28-22(32-21)26-19-5-4-15-10-23-11-16(15)9-19/h7-11,14-18,40H,12-13H2,1-6H3,(H,34,41);1-5,8-9,11-13,30H,6-7,10H2,(H,25,31)(H,26,28). The molecule has 0 fully saturated rings. The fraction of sp³-hybridized carbons (Fsp3) is 0.245. The highest BCUT2D eigenvalue weighted by Gasteiger charge is 2.29. The molecule has 5 N–H and O–H groups in total. The van der Waals surface area contributed by atoms with E-state index in [1.807, 2.05) is 48.7 Å². The molecule has 0 radical (unpaired) electrons. The van der Waals surface area contributed by atoms with Crippen molar-refractivity contribution in [1.29, 1.82) is 0 Å². The third-order valence-corrected chi connectivity index (χ3v) is 12.9. The average Bonchev–Trinajstić information content (AvgIpc) is 4.27. The molecule has 0 unspecified atom stereocenters. The molecule has 0 aliphatic carbocycles. The molecule has 4 aromatic carbocycles. The van der Waals surface area contributed by atoms with Crippen LogP contribution in [0.25, 0.3) is 32.0 Å². The first-order valence-electron chi connectivity index (χ1n) is 24.3. The number of hydrogen-bond acceptors (Lipinski definition) is 19. The van der Waals surface area contributed by atoms with Gasteiger partial charge in [0.25, 0.3) is 11.8 Å². The molecule has 25 heteroatoms. The average molecular weight is 1090 g/mol. The van der Waals surface area contributed by atoms with E-state index in [0.717, 1.165) is 44.4 Å². The van der Waals surface area contributed by atoms with Gasteiger partial charge in [-0.2, -0.15) is 20.0 Å². The fourth-order valence-electron chi connectivity index (χ4n) is 7.60. The van der Waals surface area contributed by atoms with Crippen molar-refractivity contribution in [2.75, 3.05) is 34.1 Å². The van der Waals surface area contributed by atoms with Crippen molar-refractivity contribution < 1.29 is 38.9 Å². The van der Waals surface area contributed by atoms with Gasteiger partial charge in [-0.25, -0.2) is 14.5 Å². The SMILES string of the molecule is CC(C)(C)OC(=O)N(c1ccc2c(cnn2C(=O)OC(C)(C)C)c1)c1nnc(-c2cccc(NC(=O)c3cnn(CCO)c3)c2)s1.O=C(Nc1cccc(-c2nnc(Nc3ccc4c(c3)C=NC4)s2)c1)c1cnn(CCO)c1. The van der Waals surface area contributed by atoms with Crippen molar-refractivity contribution >= 4 is 96.8 Å². The van der Waals surface area contributed by atoms with Gasteiger partial charge in [0.2, 0.25) is 10.3 Å². The van der Waals surface area contributed by atoms with Crippen molar-refractivity contribution in [2.45, 2.75) is 72.4 Å². The van der Waals surface area contributed by atoms with E-state index in [9.17, 15) is 19.2 Å². The van der Waals surface area contributed by atoms with Crippen LogP contribution in [0.15, 0.2) is 121 Å². The van der Waals surface area contributed by atoms with E-state index in [2.05, 4.69) is 62.7 Å². The predicted octanol–water partition coefficient (Wildman–Crippen LogP) is 9.17. The molecule has 0 saturated heterocycles. The molecule has 3 amide bonds. The van der Waals surface area contributed by atoms with Crippen LogP contribution in [-0.2, 0) is 29.1 Å². The van der Waals surface area contributed by atoms with Crippen molar-refractivity contribution in [3.05, 3.63) is 138 Å². The smallest absolute Gasteiger partial charge is 0.435 e. The summed E-state index contributed by atoms with van der Waals surface area (Å²) in [4.78, 5) is 57.1. The number of hydrogen-bond donors (Lipinski definition) is 5. The van der Waals surface area contributed by atoms with E-state index < -0.39 is 23.4 Å². The zero-order valence-corrected chi connectivity index (χ0v) is 44.7. The second-order valence-electron chi connectivity index (χ2n) is 19.4. The van der Waals surface area contributed by atoms with Gasteiger partial charge in [-0.1, -0.05) is 53.0 Å². The highest BCUT2D eigenvalue weighted by molar-refractivity contribution is 7.19. The number of benzene rings is 4. The molecular formula is C53H53N15O8S2. The molecule has 0 saturated carbocycles. The van der Waals surface area contributed by atoms with Gasteiger partial charge in [0.15, 0.2) is 0 Å². The lowest BCUT2D eigenvalue weighted by Gasteiger charge is -2.25. The maximum atomic E-state index is 13.5. The van der Waals surface area contributed by atoms with Crippen LogP contribution >= 0.6 is 22.7 Å². The summed E-state index contributed by atoms with van der Waals surface area (Å²) in [7, 11) is 0. The molecule has 6 heterocycles. The normalized spacial score (nSPS) is 11.9. The molecule has 1 aliphatic rings. The van der Waals surface area contributed by atoms with Crippen molar-refractivity contribution in [3.8, 4) is 21.1 Å². The van der Waals surface area contributed by atoms with Crippen molar-refractivity contribution in [3.63, 3.8) is 0 Å². The van der Waals surface area contributed by atoms with Crippen LogP contribution in [0.2, 0.25) is 0 Å². The number of rotatable bonds is 14. The van der Waals surface area contributed by atoms with Crippen LogP contribution in [0.4, 0.5) is 42.6 Å². The second-order valence-corrected chi connectivity index (χ2v) is 21.3. The minimum absolute atomic E-state index is 0.0375. The Morgan fingerprint density at radius 3 is 1.90 bits per heavy atom. The van der Waals surface area contributed by atoms with Crippen molar-refractivity contribution in [2.24, 2.45) is 4.99 Å². The van der Waals surface area contributed by atoms with Crippen LogP contribution in [0.5, 0.6) is 0 Å². The maximum absolute atomic E-state index is 13.5. The lowest BCUT2D eigenvalue weighted by atomic mass is 10.1. The zero-order valence-electron chi connectivity index (χ0n) is 43.1. The molecule has 9 aromatic rings. The number of anilines is 6. The maximum Gasteiger partial charge on any atom is 0.435 e. The first kappa shape index (κ1) is 53.8. The molecular weight excluding hydrogens is 1040 g/mol. The first-order chi connectivity index (χ1) is 37.4. The Bertz CT molecular complexity index is 3680. The lowest BCUT2D eigenvalue weighted by Crippen LogP contribution is -2.33. The summed E-state index contributed by atoms with van der Waals surface area (Å²) >= 11 is 2.59. The number of nitrogens with zero attached hydrogens (tertiary/aromatic N) is 12. The van der Waals surface area contributed by atoms with Crippen LogP contribution in [0, 0.1) is 0 Å². The van der Waals surface area contributed by atoms with Crippen LogP contribution in [-0.4, -0.2) is 115 Å². The Hall–Kier alpha value is -9.04. The monoisotopic (exact) mass is 1090 g/mol. The zero-order chi connectivity index (χ0) is 55.1. The summed E-state index contributed by atoms with van der Waals surface area (Å²) in [5.41, 5.74) is 6.14. The van der Waals surface area contributed by atoms with Gasteiger partial charge < -0.3 is 35.6 Å². The van der Waals surface area contributed by atoms with Crippen LogP contribution in [0.1, 0.15) is 73.4 Å². The minimum Gasteiger partial charge on any atom is -0.443 e. The third kappa shape index (κ3) is 13.3. The summed E-state index contributed by atoms with van der Waals surface area (Å²) in [5, 5.41) is 59.3. The van der Waals surface area contributed by atoms with Gasteiger partial charge >= 0.3 is 12.2 Å². The predicted molar refractivity (Wildman–Crippen MR) is 296 cm³/mol. The Balaban J connectivity index is 0.000000202. The Morgan fingerprint density at radius 2 is 1.28 bits per heavy atom. The number of aliphatic hydroxyl groups excluding tert-OH is 2. The summed E-state index contributed by atoms with van der Waals surface area (Å²) in [5.74, 6) is -0.633. The number of aliphatic hydroxyl groups is 2. The molecule has 400 valence electrons. The second kappa shape index (κ2) is 23.1. The summed E-state index contributed by atoms with van der Waals surface area (Å²) in [6, 6.07) is 25.7. The molecule has 23 nitrogen and oxygen atoms in total. The summed E-state index contributed by atoms with van der Waals surface area (Å²) in [6.07, 6.45) is 8.16. The minimum atomic E-state index is -0.796. The molecule has 10 rings (SSSR count). The van der Waals surface area contributed by atoms with Gasteiger partial charge in [-0.3, -0.25) is 23.9 Å². The Morgan fingerprint density at radius 1 is 0.667 bits per heavy atom. The molecule has 0 spiro atoms. The summed E-state index contributed by atoms with van der Waals surface area (Å²) in [6.45, 7) is 11.8. The highest BCUT2D eigenvalue weighted by atomic mass is 32.1. The number of carbonyl (C=O) groups excluding carboxylic acids is 4. The quantitative estimate of drug-likeness (QED) is 0.0678. The van der Waals surface area contributed by atoms with E-state index in [-0.39, 0.29) is 36.7 Å². The van der Waals surface area contributed by atoms with Crippen molar-refractivity contribution in [1.82, 2.24) is 49.7 Å². The fourth-order valence-corrected chi connectivity index (χ4v) is 9.22. The number of aliphatic imine (C=N–C) groups is 1. The van der Waals surface area contributed by atoms with Gasteiger partial charge in [-0.05, 0) is 107 Å². The van der Waals surface area contributed by atoms with Crippen LogP contribution in [0.3, 0.4) is 0 Å².